The molecular formula is C19H27N3OS. The van der Waals surface area contributed by atoms with E-state index < -0.39 is 0 Å². The van der Waals surface area contributed by atoms with E-state index in [-0.39, 0.29) is 0 Å². The van der Waals surface area contributed by atoms with E-state index in [4.69, 9.17) is 14.7 Å². The monoisotopic (exact) mass is 345 g/mol. The largest absolute Gasteiger partial charge is 0.378 e. The van der Waals surface area contributed by atoms with Crippen LogP contribution in [0.1, 0.15) is 55.8 Å². The van der Waals surface area contributed by atoms with Gasteiger partial charge in [-0.1, -0.05) is 20.8 Å². The topological polar surface area (TPSA) is 38.2 Å². The van der Waals surface area contributed by atoms with Gasteiger partial charge >= 0.3 is 0 Å². The Morgan fingerprint density at radius 2 is 2.08 bits per heavy atom. The Balaban J connectivity index is 1.88. The van der Waals surface area contributed by atoms with Crippen LogP contribution in [0, 0.1) is 5.92 Å². The van der Waals surface area contributed by atoms with Gasteiger partial charge in [-0.25, -0.2) is 9.97 Å². The minimum atomic E-state index is 0.409. The summed E-state index contributed by atoms with van der Waals surface area (Å²) in [5, 5.41) is 1.34. The molecule has 0 radical (unpaired) electrons. The molecule has 0 N–H and O–H groups in total. The third kappa shape index (κ3) is 2.82. The van der Waals surface area contributed by atoms with Crippen LogP contribution in [0.25, 0.3) is 10.2 Å². The molecule has 130 valence electrons. The van der Waals surface area contributed by atoms with Crippen molar-refractivity contribution in [3.05, 3.63) is 16.3 Å². The number of nitrogens with zero attached hydrogens (tertiary/aromatic N) is 3. The van der Waals surface area contributed by atoms with Gasteiger partial charge < -0.3 is 9.64 Å². The number of hydrogen-bond donors (Lipinski definition) is 0. The number of rotatable bonds is 3. The molecule has 5 heteroatoms. The maximum atomic E-state index is 5.56. The van der Waals surface area contributed by atoms with Gasteiger partial charge in [0.1, 0.15) is 16.5 Å². The van der Waals surface area contributed by atoms with E-state index in [1.54, 1.807) is 4.88 Å². The molecule has 0 amide bonds. The predicted octanol–water partition coefficient (Wildman–Crippen LogP) is 4.17. The van der Waals surface area contributed by atoms with Crippen LogP contribution in [0.5, 0.6) is 0 Å². The van der Waals surface area contributed by atoms with E-state index in [9.17, 15) is 0 Å². The van der Waals surface area contributed by atoms with Gasteiger partial charge in [0, 0.05) is 23.9 Å². The summed E-state index contributed by atoms with van der Waals surface area (Å²) in [6.45, 7) is 10.3. The lowest BCUT2D eigenvalue weighted by molar-refractivity contribution is 0.122. The first-order chi connectivity index (χ1) is 11.7. The summed E-state index contributed by atoms with van der Waals surface area (Å²) in [7, 11) is 0. The maximum Gasteiger partial charge on any atom is 0.141 e. The maximum absolute atomic E-state index is 5.56. The highest BCUT2D eigenvalue weighted by Crippen LogP contribution is 2.41. The second-order valence-electron chi connectivity index (χ2n) is 7.35. The molecule has 2 aromatic heterocycles. The van der Waals surface area contributed by atoms with Crippen molar-refractivity contribution in [2.75, 3.05) is 31.2 Å². The summed E-state index contributed by atoms with van der Waals surface area (Å²) in [6.07, 6.45) is 4.75. The lowest BCUT2D eigenvalue weighted by Gasteiger charge is -2.29. The van der Waals surface area contributed by atoms with Gasteiger partial charge in [0.2, 0.25) is 0 Å². The molecule has 3 heterocycles. The fourth-order valence-corrected chi connectivity index (χ4v) is 5.13. The quantitative estimate of drug-likeness (QED) is 0.837. The van der Waals surface area contributed by atoms with Crippen molar-refractivity contribution in [1.29, 1.82) is 0 Å². The molecule has 0 saturated carbocycles. The summed E-state index contributed by atoms with van der Waals surface area (Å²) < 4.78 is 5.56. The molecule has 2 aliphatic rings. The van der Waals surface area contributed by atoms with Crippen LogP contribution in [-0.2, 0) is 17.6 Å². The summed E-state index contributed by atoms with van der Waals surface area (Å²) in [5.41, 5.74) is 1.53. The highest BCUT2D eigenvalue weighted by Gasteiger charge is 2.27. The van der Waals surface area contributed by atoms with E-state index >= 15 is 0 Å². The zero-order valence-electron chi connectivity index (χ0n) is 15.0. The van der Waals surface area contributed by atoms with Crippen molar-refractivity contribution in [3.8, 4) is 0 Å². The lowest BCUT2D eigenvalue weighted by atomic mass is 9.89. The number of anilines is 1. The molecule has 4 nitrogen and oxygen atoms in total. The predicted molar refractivity (Wildman–Crippen MR) is 100 cm³/mol. The Morgan fingerprint density at radius 1 is 1.29 bits per heavy atom. The summed E-state index contributed by atoms with van der Waals surface area (Å²) in [6, 6.07) is 0. The van der Waals surface area contributed by atoms with E-state index in [0.29, 0.717) is 5.92 Å². The molecule has 1 fully saturated rings. The average molecular weight is 346 g/mol. The standard InChI is InChI=1S/C19H27N3OS/c1-4-13(3)17-20-18(22-7-9-23-10-8-22)16-14-6-5-12(2)11-15(14)24-19(16)21-17/h12-13H,4-11H2,1-3H3/t12-,13+/m1/s1. The van der Waals surface area contributed by atoms with Gasteiger partial charge in [0.25, 0.3) is 0 Å². The molecule has 24 heavy (non-hydrogen) atoms. The molecule has 2 aromatic rings. The molecule has 0 unspecified atom stereocenters. The van der Waals surface area contributed by atoms with Gasteiger partial charge in [-0.2, -0.15) is 0 Å². The Labute approximate surface area is 148 Å². The number of thiophene rings is 1. The van der Waals surface area contributed by atoms with Crippen molar-refractivity contribution in [1.82, 2.24) is 9.97 Å². The van der Waals surface area contributed by atoms with Crippen molar-refractivity contribution in [3.63, 3.8) is 0 Å². The van der Waals surface area contributed by atoms with Crippen LogP contribution in [0.2, 0.25) is 0 Å². The molecular weight excluding hydrogens is 318 g/mol. The zero-order valence-corrected chi connectivity index (χ0v) is 15.8. The fourth-order valence-electron chi connectivity index (χ4n) is 3.75. The van der Waals surface area contributed by atoms with Crippen molar-refractivity contribution in [2.45, 2.75) is 52.4 Å². The van der Waals surface area contributed by atoms with Crippen LogP contribution in [0.3, 0.4) is 0 Å². The van der Waals surface area contributed by atoms with Crippen LogP contribution < -0.4 is 4.90 Å². The Bertz CT molecular complexity index is 736. The second-order valence-corrected chi connectivity index (χ2v) is 8.43. The number of fused-ring (bicyclic) bond motifs is 3. The zero-order chi connectivity index (χ0) is 16.7. The molecule has 2 atom stereocenters. The van der Waals surface area contributed by atoms with E-state index in [2.05, 4.69) is 25.7 Å². The highest BCUT2D eigenvalue weighted by molar-refractivity contribution is 7.19. The second kappa shape index (κ2) is 6.60. The highest BCUT2D eigenvalue weighted by atomic mass is 32.1. The van der Waals surface area contributed by atoms with Crippen molar-refractivity contribution < 1.29 is 4.74 Å². The van der Waals surface area contributed by atoms with Gasteiger partial charge in [0.15, 0.2) is 0 Å². The fraction of sp³-hybridized carbons (Fsp3) is 0.684. The van der Waals surface area contributed by atoms with Crippen LogP contribution in [0.4, 0.5) is 5.82 Å². The van der Waals surface area contributed by atoms with Crippen LogP contribution >= 0.6 is 11.3 Å². The molecule has 1 aliphatic heterocycles. The first-order valence-electron chi connectivity index (χ1n) is 9.32. The van der Waals surface area contributed by atoms with E-state index in [1.165, 1.54) is 40.9 Å². The first-order valence-corrected chi connectivity index (χ1v) is 10.1. The first kappa shape index (κ1) is 16.3. The molecule has 0 aromatic carbocycles. The van der Waals surface area contributed by atoms with Crippen LogP contribution in [0.15, 0.2) is 0 Å². The smallest absolute Gasteiger partial charge is 0.141 e. The van der Waals surface area contributed by atoms with Crippen molar-refractivity contribution in [2.24, 2.45) is 5.92 Å². The number of morpholine rings is 1. The SMILES string of the molecule is CC[C@H](C)c1nc(N2CCOCC2)c2c3c(sc2n1)C[C@H](C)CC3. The van der Waals surface area contributed by atoms with E-state index in [1.807, 2.05) is 11.3 Å². The third-order valence-corrected chi connectivity index (χ3v) is 6.67. The number of aryl methyl sites for hydroxylation is 1. The number of ether oxygens (including phenoxy) is 1. The lowest BCUT2D eigenvalue weighted by Crippen LogP contribution is -2.37. The number of hydrogen-bond acceptors (Lipinski definition) is 5. The van der Waals surface area contributed by atoms with Crippen LogP contribution in [-0.4, -0.2) is 36.3 Å². The number of aromatic nitrogens is 2. The Morgan fingerprint density at radius 3 is 2.83 bits per heavy atom. The normalized spacial score (nSPS) is 22.6. The molecule has 0 bridgehead atoms. The molecule has 0 spiro atoms. The van der Waals surface area contributed by atoms with Gasteiger partial charge in [-0.15, -0.1) is 11.3 Å². The summed E-state index contributed by atoms with van der Waals surface area (Å²) in [4.78, 5) is 15.2. The minimum absolute atomic E-state index is 0.409. The van der Waals surface area contributed by atoms with Gasteiger partial charge in [-0.05, 0) is 37.2 Å². The average Bonchev–Trinajstić information content (AvgIpc) is 2.98. The van der Waals surface area contributed by atoms with Gasteiger partial charge in [-0.3, -0.25) is 0 Å². The van der Waals surface area contributed by atoms with Gasteiger partial charge in [0.05, 0.1) is 18.6 Å². The Kier molecular flexibility index (Phi) is 4.48. The summed E-state index contributed by atoms with van der Waals surface area (Å²) in [5.74, 6) is 3.38. The molecule has 1 saturated heterocycles. The third-order valence-electron chi connectivity index (χ3n) is 5.52. The minimum Gasteiger partial charge on any atom is -0.378 e. The van der Waals surface area contributed by atoms with E-state index in [0.717, 1.165) is 44.5 Å². The van der Waals surface area contributed by atoms with Crippen molar-refractivity contribution >= 4 is 27.4 Å². The molecule has 4 rings (SSSR count). The molecule has 1 aliphatic carbocycles. The summed E-state index contributed by atoms with van der Waals surface area (Å²) >= 11 is 1.91. The Hall–Kier alpha value is -1.20.